The largest absolute Gasteiger partial charge is 0.466 e. The highest BCUT2D eigenvalue weighted by Gasteiger charge is 2.22. The number of carbonyl (C=O) groups is 3. The Hall–Kier alpha value is -3.81. The van der Waals surface area contributed by atoms with Gasteiger partial charge in [0.15, 0.2) is 0 Å². The minimum absolute atomic E-state index is 0.0174. The van der Waals surface area contributed by atoms with E-state index in [9.17, 15) is 14.4 Å². The van der Waals surface area contributed by atoms with E-state index < -0.39 is 11.9 Å². The third kappa shape index (κ3) is 6.12. The minimum Gasteiger partial charge on any atom is -0.466 e. The first-order valence-corrected chi connectivity index (χ1v) is 10.8. The Morgan fingerprint density at radius 3 is 2.09 bits per heavy atom. The topological polar surface area (TPSA) is 88.2 Å². The number of piperazine rings is 1. The number of ether oxygens (including phenoxy) is 2. The molecular weight excluding hydrogens is 422 g/mol. The summed E-state index contributed by atoms with van der Waals surface area (Å²) in [6, 6.07) is 15.3. The Labute approximate surface area is 193 Å². The number of nitrogens with zero attached hydrogens (tertiary/aromatic N) is 2. The summed E-state index contributed by atoms with van der Waals surface area (Å²) in [5, 5.41) is 2.89. The fourth-order valence-electron chi connectivity index (χ4n) is 3.58. The number of hydrogen-bond donors (Lipinski definition) is 1. The molecule has 0 bridgehead atoms. The lowest BCUT2D eigenvalue weighted by Crippen LogP contribution is -2.48. The van der Waals surface area contributed by atoms with Crippen molar-refractivity contribution in [1.82, 2.24) is 4.90 Å². The van der Waals surface area contributed by atoms with E-state index in [0.29, 0.717) is 18.8 Å². The molecule has 1 saturated heterocycles. The van der Waals surface area contributed by atoms with Gasteiger partial charge in [0.25, 0.3) is 5.91 Å². The Morgan fingerprint density at radius 1 is 0.909 bits per heavy atom. The number of carbonyl (C=O) groups excluding carboxylic acids is 3. The van der Waals surface area contributed by atoms with E-state index in [1.54, 1.807) is 0 Å². The van der Waals surface area contributed by atoms with Crippen LogP contribution >= 0.6 is 0 Å². The Kier molecular flexibility index (Phi) is 8.07. The highest BCUT2D eigenvalue weighted by molar-refractivity contribution is 5.98. The molecule has 0 radical (unpaired) electrons. The predicted octanol–water partition coefficient (Wildman–Crippen LogP) is 2.85. The van der Waals surface area contributed by atoms with Crippen molar-refractivity contribution in [3.8, 4) is 0 Å². The van der Waals surface area contributed by atoms with Crippen LogP contribution < -0.4 is 10.2 Å². The molecule has 0 aliphatic carbocycles. The SMILES string of the molecule is CCc1ccc(C(=O)N2CCN(c3ccc(N/C(=C/C(=O)OC)C(=O)OC)cc3)CC2)cc1. The van der Waals surface area contributed by atoms with Crippen molar-refractivity contribution in [3.05, 3.63) is 71.4 Å². The quantitative estimate of drug-likeness (QED) is 0.512. The maximum absolute atomic E-state index is 12.8. The molecule has 2 aromatic carbocycles. The third-order valence-corrected chi connectivity index (χ3v) is 5.56. The van der Waals surface area contributed by atoms with Crippen LogP contribution in [0.1, 0.15) is 22.8 Å². The van der Waals surface area contributed by atoms with Gasteiger partial charge in [-0.05, 0) is 48.4 Å². The second-order valence-corrected chi connectivity index (χ2v) is 7.57. The minimum atomic E-state index is -0.672. The van der Waals surface area contributed by atoms with Crippen LogP contribution in [0.4, 0.5) is 11.4 Å². The van der Waals surface area contributed by atoms with E-state index in [2.05, 4.69) is 21.9 Å². The monoisotopic (exact) mass is 451 g/mol. The molecule has 8 nitrogen and oxygen atoms in total. The number of nitrogens with one attached hydrogen (secondary N) is 1. The Balaban J connectivity index is 1.59. The van der Waals surface area contributed by atoms with Gasteiger partial charge in [0, 0.05) is 43.1 Å². The van der Waals surface area contributed by atoms with Crippen LogP contribution in [-0.2, 0) is 25.5 Å². The van der Waals surface area contributed by atoms with E-state index in [1.807, 2.05) is 53.4 Å². The molecule has 1 aliphatic rings. The van der Waals surface area contributed by atoms with Crippen molar-refractivity contribution in [1.29, 1.82) is 0 Å². The number of esters is 2. The van der Waals surface area contributed by atoms with E-state index >= 15 is 0 Å². The second-order valence-electron chi connectivity index (χ2n) is 7.57. The van der Waals surface area contributed by atoms with E-state index in [-0.39, 0.29) is 11.6 Å². The zero-order chi connectivity index (χ0) is 23.8. The van der Waals surface area contributed by atoms with Crippen molar-refractivity contribution < 1.29 is 23.9 Å². The number of rotatable bonds is 7. The zero-order valence-electron chi connectivity index (χ0n) is 19.2. The molecule has 1 heterocycles. The van der Waals surface area contributed by atoms with Gasteiger partial charge in [-0.2, -0.15) is 0 Å². The molecule has 0 aromatic heterocycles. The predicted molar refractivity (Wildman–Crippen MR) is 126 cm³/mol. The highest BCUT2D eigenvalue weighted by Crippen LogP contribution is 2.21. The second kappa shape index (κ2) is 11.2. The van der Waals surface area contributed by atoms with Crippen LogP contribution in [0.3, 0.4) is 0 Å². The standard InChI is InChI=1S/C25H29N3O5/c1-4-18-5-7-19(8-6-18)24(30)28-15-13-27(14-16-28)21-11-9-20(10-12-21)26-22(25(31)33-3)17-23(29)32-2/h5-12,17,26H,4,13-16H2,1-3H3/b22-17+. The lowest BCUT2D eigenvalue weighted by Gasteiger charge is -2.36. The summed E-state index contributed by atoms with van der Waals surface area (Å²) in [5.74, 6) is -1.27. The highest BCUT2D eigenvalue weighted by atomic mass is 16.5. The summed E-state index contributed by atoms with van der Waals surface area (Å²) in [7, 11) is 2.47. The van der Waals surface area contributed by atoms with Gasteiger partial charge in [-0.15, -0.1) is 0 Å². The maximum atomic E-state index is 12.8. The molecule has 174 valence electrons. The number of amides is 1. The fraction of sp³-hybridized carbons (Fsp3) is 0.320. The van der Waals surface area contributed by atoms with Gasteiger partial charge in [-0.3, -0.25) is 4.79 Å². The molecule has 1 N–H and O–H groups in total. The number of methoxy groups -OCH3 is 2. The van der Waals surface area contributed by atoms with Gasteiger partial charge < -0.3 is 24.6 Å². The number of anilines is 2. The number of hydrogen-bond acceptors (Lipinski definition) is 7. The fourth-order valence-corrected chi connectivity index (χ4v) is 3.58. The maximum Gasteiger partial charge on any atom is 0.354 e. The lowest BCUT2D eigenvalue weighted by molar-refractivity contribution is -0.138. The van der Waals surface area contributed by atoms with E-state index in [1.165, 1.54) is 19.8 Å². The normalized spacial score (nSPS) is 14.0. The van der Waals surface area contributed by atoms with E-state index in [0.717, 1.165) is 36.8 Å². The molecule has 0 unspecified atom stereocenters. The van der Waals surface area contributed by atoms with Gasteiger partial charge in [-0.1, -0.05) is 19.1 Å². The first-order chi connectivity index (χ1) is 15.9. The molecule has 33 heavy (non-hydrogen) atoms. The summed E-state index contributed by atoms with van der Waals surface area (Å²) >= 11 is 0. The molecule has 3 rings (SSSR count). The van der Waals surface area contributed by atoms with Gasteiger partial charge >= 0.3 is 11.9 Å². The summed E-state index contributed by atoms with van der Waals surface area (Å²) in [6.45, 7) is 4.82. The molecular formula is C25H29N3O5. The molecule has 1 aliphatic heterocycles. The summed E-state index contributed by atoms with van der Waals surface area (Å²) in [4.78, 5) is 40.3. The van der Waals surface area contributed by atoms with Crippen LogP contribution in [0.25, 0.3) is 0 Å². The van der Waals surface area contributed by atoms with Gasteiger partial charge in [-0.25, -0.2) is 9.59 Å². The Morgan fingerprint density at radius 2 is 1.55 bits per heavy atom. The average molecular weight is 452 g/mol. The van der Waals surface area contributed by atoms with Gasteiger partial charge in [0.1, 0.15) is 5.70 Å². The number of aryl methyl sites for hydroxylation is 1. The van der Waals surface area contributed by atoms with Crippen molar-refractivity contribution in [2.75, 3.05) is 50.6 Å². The van der Waals surface area contributed by atoms with Crippen molar-refractivity contribution >= 4 is 29.2 Å². The summed E-state index contributed by atoms with van der Waals surface area (Å²) in [5.41, 5.74) is 3.56. The van der Waals surface area contributed by atoms with Gasteiger partial charge in [0.2, 0.25) is 0 Å². The number of benzene rings is 2. The molecule has 0 atom stereocenters. The van der Waals surface area contributed by atoms with Crippen LogP contribution in [-0.4, -0.2) is 63.1 Å². The van der Waals surface area contributed by atoms with E-state index in [4.69, 9.17) is 4.74 Å². The molecule has 1 amide bonds. The Bertz CT molecular complexity index is 1010. The van der Waals surface area contributed by atoms with Crippen LogP contribution in [0.2, 0.25) is 0 Å². The molecule has 0 spiro atoms. The molecule has 2 aromatic rings. The van der Waals surface area contributed by atoms with Gasteiger partial charge in [0.05, 0.1) is 20.3 Å². The van der Waals surface area contributed by atoms with Crippen LogP contribution in [0.5, 0.6) is 0 Å². The summed E-state index contributed by atoms with van der Waals surface area (Å²) in [6.07, 6.45) is 2.00. The first kappa shape index (κ1) is 23.8. The first-order valence-electron chi connectivity index (χ1n) is 10.8. The van der Waals surface area contributed by atoms with Crippen LogP contribution in [0, 0.1) is 0 Å². The smallest absolute Gasteiger partial charge is 0.354 e. The third-order valence-electron chi connectivity index (χ3n) is 5.56. The van der Waals surface area contributed by atoms with Crippen molar-refractivity contribution in [3.63, 3.8) is 0 Å². The lowest BCUT2D eigenvalue weighted by atomic mass is 10.1. The molecule has 8 heteroatoms. The van der Waals surface area contributed by atoms with Crippen LogP contribution in [0.15, 0.2) is 60.3 Å². The molecule has 0 saturated carbocycles. The van der Waals surface area contributed by atoms with Crippen molar-refractivity contribution in [2.45, 2.75) is 13.3 Å². The van der Waals surface area contributed by atoms with Crippen molar-refractivity contribution in [2.24, 2.45) is 0 Å². The molecule has 1 fully saturated rings. The zero-order valence-corrected chi connectivity index (χ0v) is 19.2. The summed E-state index contributed by atoms with van der Waals surface area (Å²) < 4.78 is 9.28. The average Bonchev–Trinajstić information content (AvgIpc) is 2.87.